The number of nitro benzene ring substituents is 1. The topological polar surface area (TPSA) is 95.7 Å². The van der Waals surface area contributed by atoms with E-state index in [9.17, 15) is 14.9 Å². The molecule has 0 aromatic heterocycles. The molecule has 1 aromatic carbocycles. The molecule has 0 radical (unpaired) electrons. The number of nitro groups is 1. The lowest BCUT2D eigenvalue weighted by Gasteiger charge is -2.33. The van der Waals surface area contributed by atoms with Crippen LogP contribution in [0.1, 0.15) is 12.8 Å². The molecule has 1 fully saturated rings. The first-order valence-corrected chi connectivity index (χ1v) is 6.05. The molecule has 1 aliphatic rings. The van der Waals surface area contributed by atoms with Crippen molar-refractivity contribution in [2.24, 2.45) is 0 Å². The van der Waals surface area contributed by atoms with Gasteiger partial charge in [0.2, 0.25) is 0 Å². The van der Waals surface area contributed by atoms with E-state index in [1.54, 1.807) is 12.1 Å². The summed E-state index contributed by atoms with van der Waals surface area (Å²) in [6, 6.07) is 6.41. The van der Waals surface area contributed by atoms with Crippen LogP contribution in [0, 0.1) is 10.1 Å². The molecule has 0 aliphatic carbocycles. The molecule has 1 aromatic rings. The number of hydrogen-bond acceptors (Lipinski definition) is 4. The van der Waals surface area contributed by atoms with Gasteiger partial charge in [-0.15, -0.1) is 0 Å². The number of hydrogen-bond donors (Lipinski definition) is 2. The molecular formula is C12H15N3O4. The summed E-state index contributed by atoms with van der Waals surface area (Å²) in [4.78, 5) is 22.8. The van der Waals surface area contributed by atoms with Crippen LogP contribution in [0.3, 0.4) is 0 Å². The molecule has 1 heterocycles. The van der Waals surface area contributed by atoms with Crippen molar-refractivity contribution in [3.05, 3.63) is 34.4 Å². The van der Waals surface area contributed by atoms with Crippen LogP contribution in [0.5, 0.6) is 0 Å². The molecule has 102 valence electrons. The lowest BCUT2D eigenvalue weighted by atomic mass is 10.0. The van der Waals surface area contributed by atoms with Crippen molar-refractivity contribution in [3.8, 4) is 0 Å². The number of piperidine rings is 1. The Kier molecular flexibility index (Phi) is 3.84. The number of nitrogens with one attached hydrogen (secondary N) is 1. The first-order valence-electron chi connectivity index (χ1n) is 6.05. The number of amides is 1. The average molecular weight is 265 g/mol. The third-order valence-electron chi connectivity index (χ3n) is 3.25. The van der Waals surface area contributed by atoms with Crippen LogP contribution in [0.15, 0.2) is 24.3 Å². The first-order chi connectivity index (χ1) is 9.06. The second kappa shape index (κ2) is 5.55. The Hall–Kier alpha value is -2.31. The van der Waals surface area contributed by atoms with Crippen LogP contribution in [0.2, 0.25) is 0 Å². The van der Waals surface area contributed by atoms with Crippen molar-refractivity contribution in [2.75, 3.05) is 18.0 Å². The molecule has 0 spiro atoms. The second-order valence-corrected chi connectivity index (χ2v) is 4.48. The third-order valence-corrected chi connectivity index (χ3v) is 3.25. The van der Waals surface area contributed by atoms with Crippen LogP contribution < -0.4 is 10.2 Å². The summed E-state index contributed by atoms with van der Waals surface area (Å²) in [5.41, 5.74) is 1.01. The maximum atomic E-state index is 10.6. The fourth-order valence-corrected chi connectivity index (χ4v) is 2.24. The molecule has 1 aliphatic heterocycles. The highest BCUT2D eigenvalue weighted by molar-refractivity contribution is 5.65. The molecule has 7 heteroatoms. The van der Waals surface area contributed by atoms with Crippen molar-refractivity contribution in [3.63, 3.8) is 0 Å². The third kappa shape index (κ3) is 3.34. The summed E-state index contributed by atoms with van der Waals surface area (Å²) in [6.07, 6.45) is 0.487. The highest BCUT2D eigenvalue weighted by Gasteiger charge is 2.20. The minimum Gasteiger partial charge on any atom is -0.465 e. The summed E-state index contributed by atoms with van der Waals surface area (Å²) in [5.74, 6) is 0. The average Bonchev–Trinajstić information content (AvgIpc) is 2.39. The quantitative estimate of drug-likeness (QED) is 0.642. The van der Waals surface area contributed by atoms with Gasteiger partial charge in [0.15, 0.2) is 0 Å². The molecule has 0 atom stereocenters. The molecule has 7 nitrogen and oxygen atoms in total. The second-order valence-electron chi connectivity index (χ2n) is 4.48. The smallest absolute Gasteiger partial charge is 0.404 e. The molecule has 2 rings (SSSR count). The first kappa shape index (κ1) is 13.1. The maximum Gasteiger partial charge on any atom is 0.404 e. The van der Waals surface area contributed by atoms with E-state index in [2.05, 4.69) is 10.2 Å². The van der Waals surface area contributed by atoms with Gasteiger partial charge < -0.3 is 15.3 Å². The van der Waals surface area contributed by atoms with Crippen molar-refractivity contribution in [2.45, 2.75) is 18.9 Å². The lowest BCUT2D eigenvalue weighted by molar-refractivity contribution is -0.384. The minimum absolute atomic E-state index is 0.00759. The number of carboxylic acid groups (broad SMARTS) is 1. The molecule has 19 heavy (non-hydrogen) atoms. The maximum absolute atomic E-state index is 10.6. The van der Waals surface area contributed by atoms with Gasteiger partial charge in [-0.2, -0.15) is 0 Å². The van der Waals surface area contributed by atoms with Crippen LogP contribution in [-0.4, -0.2) is 35.3 Å². The van der Waals surface area contributed by atoms with Gasteiger partial charge >= 0.3 is 6.09 Å². The summed E-state index contributed by atoms with van der Waals surface area (Å²) in [5, 5.41) is 21.7. The summed E-state index contributed by atoms with van der Waals surface area (Å²) >= 11 is 0. The van der Waals surface area contributed by atoms with Gasteiger partial charge in [-0.05, 0) is 25.0 Å². The van der Waals surface area contributed by atoms with Crippen LogP contribution in [0.4, 0.5) is 16.2 Å². The van der Waals surface area contributed by atoms with E-state index in [-0.39, 0.29) is 11.7 Å². The monoisotopic (exact) mass is 265 g/mol. The van der Waals surface area contributed by atoms with E-state index in [0.717, 1.165) is 31.6 Å². The number of rotatable bonds is 3. The van der Waals surface area contributed by atoms with Crippen molar-refractivity contribution < 1.29 is 14.8 Å². The predicted octanol–water partition coefficient (Wildman–Crippen LogP) is 1.83. The SMILES string of the molecule is O=C(O)NC1CCN(c2ccc([N+](=O)[O-])cc2)CC1. The largest absolute Gasteiger partial charge is 0.465 e. The normalized spacial score (nSPS) is 16.1. The van der Waals surface area contributed by atoms with Gasteiger partial charge in [0, 0.05) is 37.0 Å². The Morgan fingerprint density at radius 2 is 1.89 bits per heavy atom. The van der Waals surface area contributed by atoms with Crippen LogP contribution in [0.25, 0.3) is 0 Å². The van der Waals surface area contributed by atoms with E-state index in [0.29, 0.717) is 0 Å². The van der Waals surface area contributed by atoms with E-state index in [1.807, 2.05) is 0 Å². The Morgan fingerprint density at radius 3 is 2.37 bits per heavy atom. The van der Waals surface area contributed by atoms with Crippen LogP contribution >= 0.6 is 0 Å². The van der Waals surface area contributed by atoms with Gasteiger partial charge in [0.25, 0.3) is 5.69 Å². The standard InChI is InChI=1S/C12H15N3O4/c16-12(17)13-9-5-7-14(8-6-9)10-1-3-11(4-2-10)15(18)19/h1-4,9,13H,5-8H2,(H,16,17). The molecule has 0 bridgehead atoms. The van der Waals surface area contributed by atoms with E-state index in [4.69, 9.17) is 5.11 Å². The molecular weight excluding hydrogens is 250 g/mol. The Labute approximate surface area is 110 Å². The number of carbonyl (C=O) groups is 1. The molecule has 2 N–H and O–H groups in total. The summed E-state index contributed by atoms with van der Waals surface area (Å²) in [7, 11) is 0. The van der Waals surface area contributed by atoms with Crippen molar-refractivity contribution in [1.82, 2.24) is 5.32 Å². The highest BCUT2D eigenvalue weighted by Crippen LogP contribution is 2.22. The molecule has 0 saturated carbocycles. The van der Waals surface area contributed by atoms with E-state index in [1.165, 1.54) is 12.1 Å². The fraction of sp³-hybridized carbons (Fsp3) is 0.417. The Balaban J connectivity index is 1.94. The Bertz CT molecular complexity index is 466. The van der Waals surface area contributed by atoms with Crippen molar-refractivity contribution in [1.29, 1.82) is 0 Å². The van der Waals surface area contributed by atoms with E-state index >= 15 is 0 Å². The van der Waals surface area contributed by atoms with Crippen molar-refractivity contribution >= 4 is 17.5 Å². The van der Waals surface area contributed by atoms with Gasteiger partial charge in [0.05, 0.1) is 4.92 Å². The Morgan fingerprint density at radius 1 is 1.32 bits per heavy atom. The molecule has 1 amide bonds. The molecule has 1 saturated heterocycles. The number of non-ortho nitro benzene ring substituents is 1. The minimum atomic E-state index is -0.992. The number of anilines is 1. The van der Waals surface area contributed by atoms with Crippen LogP contribution in [-0.2, 0) is 0 Å². The zero-order valence-corrected chi connectivity index (χ0v) is 10.3. The van der Waals surface area contributed by atoms with Gasteiger partial charge in [-0.1, -0.05) is 0 Å². The predicted molar refractivity (Wildman–Crippen MR) is 69.5 cm³/mol. The van der Waals surface area contributed by atoms with Gasteiger partial charge in [0.1, 0.15) is 0 Å². The zero-order valence-electron chi connectivity index (χ0n) is 10.3. The fourth-order valence-electron chi connectivity index (χ4n) is 2.24. The number of nitrogens with zero attached hydrogens (tertiary/aromatic N) is 2. The summed E-state index contributed by atoms with van der Waals surface area (Å²) in [6.45, 7) is 1.48. The summed E-state index contributed by atoms with van der Waals surface area (Å²) < 4.78 is 0. The van der Waals surface area contributed by atoms with E-state index < -0.39 is 11.0 Å². The number of benzene rings is 1. The zero-order chi connectivity index (χ0) is 13.8. The van der Waals surface area contributed by atoms with Gasteiger partial charge in [-0.25, -0.2) is 4.79 Å². The van der Waals surface area contributed by atoms with Gasteiger partial charge in [-0.3, -0.25) is 10.1 Å². The highest BCUT2D eigenvalue weighted by atomic mass is 16.6. The lowest BCUT2D eigenvalue weighted by Crippen LogP contribution is -2.44. The molecule has 0 unspecified atom stereocenters.